The Morgan fingerprint density at radius 2 is 1.70 bits per heavy atom. The maximum atomic E-state index is 13.1. The smallest absolute Gasteiger partial charge is 0.407 e. The van der Waals surface area contributed by atoms with E-state index >= 15 is 0 Å². The van der Waals surface area contributed by atoms with Gasteiger partial charge in [-0.1, -0.05) is 48.5 Å². The summed E-state index contributed by atoms with van der Waals surface area (Å²) in [5.74, 6) is -1.36. The van der Waals surface area contributed by atoms with Crippen molar-refractivity contribution >= 4 is 18.0 Å². The molecule has 3 aliphatic rings. The monoisotopic (exact) mass is 450 g/mol. The fraction of sp³-hybridized carbons (Fsp3) is 0.400. The van der Waals surface area contributed by atoms with Crippen LogP contribution < -0.4 is 5.32 Å². The number of hydrogen-bond donors (Lipinski definition) is 2. The van der Waals surface area contributed by atoms with Crippen LogP contribution in [0.2, 0.25) is 0 Å². The number of benzene rings is 2. The average molecular weight is 450 g/mol. The van der Waals surface area contributed by atoms with Crippen molar-refractivity contribution in [3.63, 3.8) is 0 Å². The molecule has 2 aliphatic carbocycles. The third kappa shape index (κ3) is 3.95. The minimum Gasteiger partial charge on any atom is -0.480 e. The van der Waals surface area contributed by atoms with Crippen LogP contribution in [0.15, 0.2) is 48.5 Å². The number of rotatable bonds is 6. The number of ether oxygens (including phenoxy) is 2. The van der Waals surface area contributed by atoms with Crippen LogP contribution in [0.25, 0.3) is 11.1 Å². The quantitative estimate of drug-likeness (QED) is 0.701. The molecule has 2 amide bonds. The largest absolute Gasteiger partial charge is 0.480 e. The zero-order valence-electron chi connectivity index (χ0n) is 18.2. The fourth-order valence-electron chi connectivity index (χ4n) is 4.86. The highest BCUT2D eigenvalue weighted by molar-refractivity contribution is 5.90. The van der Waals surface area contributed by atoms with Crippen molar-refractivity contribution < 1.29 is 29.0 Å². The first-order valence-corrected chi connectivity index (χ1v) is 11.2. The number of carboxylic acids is 1. The molecule has 0 radical (unpaired) electrons. The number of fused-ring (bicyclic) bond motifs is 3. The van der Waals surface area contributed by atoms with Crippen LogP contribution in [-0.4, -0.2) is 66.9 Å². The van der Waals surface area contributed by atoms with Crippen molar-refractivity contribution in [3.8, 4) is 11.1 Å². The molecule has 33 heavy (non-hydrogen) atoms. The first-order chi connectivity index (χ1) is 16.0. The molecular weight excluding hydrogens is 424 g/mol. The molecule has 1 heterocycles. The van der Waals surface area contributed by atoms with E-state index < -0.39 is 23.5 Å². The van der Waals surface area contributed by atoms with Crippen molar-refractivity contribution in [1.82, 2.24) is 10.2 Å². The lowest BCUT2D eigenvalue weighted by molar-refractivity contribution is -0.161. The Morgan fingerprint density at radius 1 is 1.06 bits per heavy atom. The van der Waals surface area contributed by atoms with Gasteiger partial charge in [-0.25, -0.2) is 9.59 Å². The van der Waals surface area contributed by atoms with E-state index in [1.165, 1.54) is 4.90 Å². The van der Waals surface area contributed by atoms with Gasteiger partial charge in [-0.3, -0.25) is 4.79 Å². The predicted molar refractivity (Wildman–Crippen MR) is 119 cm³/mol. The normalized spacial score (nSPS) is 20.5. The summed E-state index contributed by atoms with van der Waals surface area (Å²) in [5, 5.41) is 12.1. The molecule has 2 aromatic carbocycles. The van der Waals surface area contributed by atoms with Crippen molar-refractivity contribution in [2.45, 2.75) is 24.8 Å². The number of aliphatic carboxylic acids is 1. The van der Waals surface area contributed by atoms with Gasteiger partial charge < -0.3 is 24.8 Å². The van der Waals surface area contributed by atoms with Crippen LogP contribution in [0, 0.1) is 5.41 Å². The number of alkyl carbamates (subject to hydrolysis) is 1. The van der Waals surface area contributed by atoms with Gasteiger partial charge in [-0.05, 0) is 35.1 Å². The molecule has 2 N–H and O–H groups in total. The summed E-state index contributed by atoms with van der Waals surface area (Å²) in [7, 11) is 0. The Hall–Kier alpha value is -3.39. The molecule has 0 bridgehead atoms. The maximum absolute atomic E-state index is 13.1. The van der Waals surface area contributed by atoms with Crippen LogP contribution in [0.3, 0.4) is 0 Å². The summed E-state index contributed by atoms with van der Waals surface area (Å²) in [6.45, 7) is 0.864. The Bertz CT molecular complexity index is 1050. The zero-order valence-corrected chi connectivity index (χ0v) is 18.2. The lowest BCUT2D eigenvalue weighted by Crippen LogP contribution is -2.56. The van der Waals surface area contributed by atoms with Crippen molar-refractivity contribution in [1.29, 1.82) is 0 Å². The van der Waals surface area contributed by atoms with E-state index in [2.05, 4.69) is 29.6 Å². The van der Waals surface area contributed by atoms with Crippen LogP contribution in [0.4, 0.5) is 4.79 Å². The van der Waals surface area contributed by atoms with Crippen LogP contribution in [0.1, 0.15) is 29.9 Å². The molecular formula is C25H26N2O6. The Labute approximate surface area is 191 Å². The summed E-state index contributed by atoms with van der Waals surface area (Å²) < 4.78 is 10.8. The topological polar surface area (TPSA) is 105 Å². The molecule has 8 nitrogen and oxygen atoms in total. The number of carboxylic acid groups (broad SMARTS) is 1. The number of hydrogen-bond acceptors (Lipinski definition) is 5. The lowest BCUT2D eigenvalue weighted by atomic mass is 9.98. The van der Waals surface area contributed by atoms with Gasteiger partial charge >= 0.3 is 12.1 Å². The number of amides is 2. The lowest BCUT2D eigenvalue weighted by Gasteiger charge is -2.35. The molecule has 1 unspecified atom stereocenters. The fourth-order valence-corrected chi connectivity index (χ4v) is 4.86. The highest BCUT2D eigenvalue weighted by Gasteiger charge is 2.54. The molecule has 1 saturated carbocycles. The predicted octanol–water partition coefficient (Wildman–Crippen LogP) is 2.62. The highest BCUT2D eigenvalue weighted by Crippen LogP contribution is 2.47. The molecule has 0 spiro atoms. The number of carbonyl (C=O) groups excluding carboxylic acids is 2. The van der Waals surface area contributed by atoms with Gasteiger partial charge in [0.1, 0.15) is 6.61 Å². The molecule has 1 saturated heterocycles. The molecule has 8 heteroatoms. The summed E-state index contributed by atoms with van der Waals surface area (Å²) in [6, 6.07) is 15.2. The number of morpholine rings is 1. The van der Waals surface area contributed by atoms with E-state index in [0.717, 1.165) is 22.3 Å². The van der Waals surface area contributed by atoms with Crippen molar-refractivity contribution in [2.24, 2.45) is 5.41 Å². The second-order valence-electron chi connectivity index (χ2n) is 8.89. The van der Waals surface area contributed by atoms with Crippen LogP contribution in [-0.2, 0) is 19.1 Å². The van der Waals surface area contributed by atoms with E-state index in [4.69, 9.17) is 9.47 Å². The van der Waals surface area contributed by atoms with Gasteiger partial charge in [0.15, 0.2) is 6.04 Å². The highest BCUT2D eigenvalue weighted by atomic mass is 16.5. The van der Waals surface area contributed by atoms with E-state index in [9.17, 15) is 19.5 Å². The summed E-state index contributed by atoms with van der Waals surface area (Å²) in [6.07, 6.45) is 0.644. The van der Waals surface area contributed by atoms with Crippen LogP contribution in [0.5, 0.6) is 0 Å². The zero-order chi connectivity index (χ0) is 23.0. The average Bonchev–Trinajstić information content (AvgIpc) is 3.57. The van der Waals surface area contributed by atoms with Crippen molar-refractivity contribution in [3.05, 3.63) is 59.7 Å². The molecule has 172 valence electrons. The molecule has 2 fully saturated rings. The third-order valence-electron chi connectivity index (χ3n) is 6.90. The van der Waals surface area contributed by atoms with E-state index in [1.807, 2.05) is 24.3 Å². The molecule has 5 rings (SSSR count). The summed E-state index contributed by atoms with van der Waals surface area (Å²) in [5.41, 5.74) is 3.82. The van der Waals surface area contributed by atoms with Gasteiger partial charge in [0.2, 0.25) is 5.91 Å². The van der Waals surface area contributed by atoms with E-state index in [-0.39, 0.29) is 38.1 Å². The van der Waals surface area contributed by atoms with Gasteiger partial charge in [-0.2, -0.15) is 0 Å². The number of nitrogens with one attached hydrogen (secondary N) is 1. The molecule has 1 aliphatic heterocycles. The Kier molecular flexibility index (Phi) is 5.54. The number of carbonyl (C=O) groups is 3. The van der Waals surface area contributed by atoms with E-state index in [1.54, 1.807) is 0 Å². The van der Waals surface area contributed by atoms with Gasteiger partial charge in [0.25, 0.3) is 0 Å². The second kappa shape index (κ2) is 8.51. The standard InChI is InChI=1S/C25H26N2O6/c28-22(29)21-14-32-12-11-27(21)23(30)25(9-10-25)15-26-24(31)33-13-20-18-7-3-1-5-16(18)17-6-2-4-8-19(17)20/h1-8,20-21H,9-15H2,(H,26,31)(H,28,29). The maximum Gasteiger partial charge on any atom is 0.407 e. The molecule has 2 aromatic rings. The number of nitrogens with zero attached hydrogens (tertiary/aromatic N) is 1. The second-order valence-corrected chi connectivity index (χ2v) is 8.89. The van der Waals surface area contributed by atoms with E-state index in [0.29, 0.717) is 19.4 Å². The summed E-state index contributed by atoms with van der Waals surface area (Å²) in [4.78, 5) is 38.4. The minimum absolute atomic E-state index is 0.0169. The third-order valence-corrected chi connectivity index (χ3v) is 6.90. The van der Waals surface area contributed by atoms with Crippen LogP contribution >= 0.6 is 0 Å². The summed E-state index contributed by atoms with van der Waals surface area (Å²) >= 11 is 0. The van der Waals surface area contributed by atoms with Gasteiger partial charge in [0, 0.05) is 19.0 Å². The molecule has 1 atom stereocenters. The first kappa shape index (κ1) is 21.5. The van der Waals surface area contributed by atoms with Crippen molar-refractivity contribution in [2.75, 3.05) is 32.9 Å². The first-order valence-electron chi connectivity index (χ1n) is 11.2. The Balaban J connectivity index is 1.20. The minimum atomic E-state index is -1.08. The van der Waals surface area contributed by atoms with Gasteiger partial charge in [-0.15, -0.1) is 0 Å². The SMILES string of the molecule is O=C(NCC1(C(=O)N2CCOCC2C(=O)O)CC1)OCC1c2ccccc2-c2ccccc21. The Morgan fingerprint density at radius 3 is 2.30 bits per heavy atom. The molecule has 0 aromatic heterocycles. The van der Waals surface area contributed by atoms with Gasteiger partial charge in [0.05, 0.1) is 18.6 Å².